The van der Waals surface area contributed by atoms with E-state index >= 15 is 0 Å². The molecule has 1 heterocycles. The fourth-order valence-electron chi connectivity index (χ4n) is 2.36. The lowest BCUT2D eigenvalue weighted by Crippen LogP contribution is -2.02. The number of hydrogen-bond acceptors (Lipinski definition) is 2. The predicted molar refractivity (Wildman–Crippen MR) is 85.2 cm³/mol. The monoisotopic (exact) mass is 271 g/mol. The lowest BCUT2D eigenvalue weighted by molar-refractivity contribution is 0.712. The zero-order chi connectivity index (χ0) is 14.7. The number of benzene rings is 1. The summed E-state index contributed by atoms with van der Waals surface area (Å²) in [6.07, 6.45) is 2.10. The molecule has 2 aromatic rings. The average Bonchev–Trinajstić information content (AvgIpc) is 2.78. The van der Waals surface area contributed by atoms with Crippen LogP contribution in [-0.2, 0) is 13.6 Å². The third-order valence-corrected chi connectivity index (χ3v) is 3.54. The zero-order valence-corrected chi connectivity index (χ0v) is 13.1. The first-order chi connectivity index (χ1) is 9.47. The highest BCUT2D eigenvalue weighted by Gasteiger charge is 2.10. The van der Waals surface area contributed by atoms with Gasteiger partial charge in [0.25, 0.3) is 0 Å². The van der Waals surface area contributed by atoms with Crippen LogP contribution in [0.2, 0.25) is 0 Å². The molecule has 0 bridgehead atoms. The van der Waals surface area contributed by atoms with Crippen LogP contribution in [0.25, 0.3) is 0 Å². The van der Waals surface area contributed by atoms with Gasteiger partial charge in [0.15, 0.2) is 0 Å². The van der Waals surface area contributed by atoms with Gasteiger partial charge >= 0.3 is 0 Å². The van der Waals surface area contributed by atoms with E-state index in [4.69, 9.17) is 0 Å². The molecule has 0 saturated heterocycles. The molecule has 1 aromatic carbocycles. The molecule has 0 unspecified atom stereocenters. The quantitative estimate of drug-likeness (QED) is 0.879. The minimum Gasteiger partial charge on any atom is -0.381 e. The molecule has 0 atom stereocenters. The number of hydrogen-bond donors (Lipinski definition) is 1. The second-order valence-corrected chi connectivity index (χ2v) is 6.00. The Morgan fingerprint density at radius 3 is 2.25 bits per heavy atom. The van der Waals surface area contributed by atoms with Gasteiger partial charge in [-0.1, -0.05) is 39.8 Å². The number of nitrogens with zero attached hydrogens (tertiary/aromatic N) is 2. The van der Waals surface area contributed by atoms with E-state index in [0.29, 0.717) is 11.8 Å². The fourth-order valence-corrected chi connectivity index (χ4v) is 2.36. The number of rotatable bonds is 5. The molecular weight excluding hydrogens is 246 g/mol. The fraction of sp³-hybridized carbons (Fsp3) is 0.471. The molecule has 0 aliphatic carbocycles. The summed E-state index contributed by atoms with van der Waals surface area (Å²) in [6, 6.07) is 8.70. The normalized spacial score (nSPS) is 11.3. The van der Waals surface area contributed by atoms with E-state index in [1.807, 2.05) is 11.7 Å². The van der Waals surface area contributed by atoms with Gasteiger partial charge in [-0.25, -0.2) is 0 Å². The van der Waals surface area contributed by atoms with Gasteiger partial charge in [0, 0.05) is 31.0 Å². The number of aryl methyl sites for hydroxylation is 1. The van der Waals surface area contributed by atoms with Gasteiger partial charge in [-0.15, -0.1) is 0 Å². The molecule has 108 valence electrons. The summed E-state index contributed by atoms with van der Waals surface area (Å²) in [5.41, 5.74) is 4.99. The van der Waals surface area contributed by atoms with Gasteiger partial charge in [0.1, 0.15) is 0 Å². The van der Waals surface area contributed by atoms with Crippen LogP contribution >= 0.6 is 0 Å². The van der Waals surface area contributed by atoms with Crippen LogP contribution in [0.5, 0.6) is 0 Å². The Hall–Kier alpha value is -1.77. The Kier molecular flexibility index (Phi) is 4.48. The summed E-state index contributed by atoms with van der Waals surface area (Å²) in [6.45, 7) is 9.62. The van der Waals surface area contributed by atoms with Crippen LogP contribution in [0.15, 0.2) is 30.5 Å². The SMILES string of the molecule is CC(C)c1ccc(NCc2cn(C)nc2C(C)C)cc1. The van der Waals surface area contributed by atoms with Crippen LogP contribution in [0.1, 0.15) is 56.4 Å². The molecule has 0 fully saturated rings. The van der Waals surface area contributed by atoms with Crippen molar-refractivity contribution >= 4 is 5.69 Å². The van der Waals surface area contributed by atoms with Crippen molar-refractivity contribution in [2.75, 3.05) is 5.32 Å². The summed E-state index contributed by atoms with van der Waals surface area (Å²) in [7, 11) is 1.98. The van der Waals surface area contributed by atoms with Gasteiger partial charge in [0.2, 0.25) is 0 Å². The first kappa shape index (κ1) is 14.6. The Bertz CT molecular complexity index is 550. The Morgan fingerprint density at radius 2 is 1.70 bits per heavy atom. The van der Waals surface area contributed by atoms with Crippen molar-refractivity contribution in [1.82, 2.24) is 9.78 Å². The van der Waals surface area contributed by atoms with Crippen LogP contribution in [0.4, 0.5) is 5.69 Å². The summed E-state index contributed by atoms with van der Waals surface area (Å²) in [5.74, 6) is 1.03. The van der Waals surface area contributed by atoms with Crippen LogP contribution in [0.3, 0.4) is 0 Å². The standard InChI is InChI=1S/C17H25N3/c1-12(2)14-6-8-16(9-7-14)18-10-15-11-20(5)19-17(15)13(3)4/h6-9,11-13,18H,10H2,1-5H3. The topological polar surface area (TPSA) is 29.9 Å². The van der Waals surface area contributed by atoms with E-state index in [1.54, 1.807) is 0 Å². The molecule has 0 spiro atoms. The molecule has 1 N–H and O–H groups in total. The van der Waals surface area contributed by atoms with Crippen molar-refractivity contribution in [2.24, 2.45) is 7.05 Å². The lowest BCUT2D eigenvalue weighted by atomic mass is 10.0. The van der Waals surface area contributed by atoms with Crippen molar-refractivity contribution < 1.29 is 0 Å². The smallest absolute Gasteiger partial charge is 0.0699 e. The largest absolute Gasteiger partial charge is 0.381 e. The molecule has 3 heteroatoms. The molecule has 0 amide bonds. The van der Waals surface area contributed by atoms with E-state index in [9.17, 15) is 0 Å². The maximum absolute atomic E-state index is 4.54. The molecule has 0 radical (unpaired) electrons. The van der Waals surface area contributed by atoms with E-state index < -0.39 is 0 Å². The maximum Gasteiger partial charge on any atom is 0.0699 e. The van der Waals surface area contributed by atoms with Crippen molar-refractivity contribution in [1.29, 1.82) is 0 Å². The number of aromatic nitrogens is 2. The molecule has 0 aliphatic heterocycles. The highest BCUT2D eigenvalue weighted by Crippen LogP contribution is 2.20. The number of nitrogens with one attached hydrogen (secondary N) is 1. The van der Waals surface area contributed by atoms with E-state index in [-0.39, 0.29) is 0 Å². The molecule has 20 heavy (non-hydrogen) atoms. The van der Waals surface area contributed by atoms with Crippen LogP contribution in [0, 0.1) is 0 Å². The molecule has 0 saturated carbocycles. The summed E-state index contributed by atoms with van der Waals surface area (Å²) in [5, 5.41) is 8.02. The molecule has 3 nitrogen and oxygen atoms in total. The second kappa shape index (κ2) is 6.12. The van der Waals surface area contributed by atoms with E-state index in [1.165, 1.54) is 16.8 Å². The summed E-state index contributed by atoms with van der Waals surface area (Å²) < 4.78 is 1.90. The van der Waals surface area contributed by atoms with Crippen LogP contribution < -0.4 is 5.32 Å². The van der Waals surface area contributed by atoms with Gasteiger partial charge in [0.05, 0.1) is 5.69 Å². The van der Waals surface area contributed by atoms with Crippen molar-refractivity contribution in [3.63, 3.8) is 0 Å². The van der Waals surface area contributed by atoms with Gasteiger partial charge < -0.3 is 5.32 Å². The zero-order valence-electron chi connectivity index (χ0n) is 13.1. The molecular formula is C17H25N3. The average molecular weight is 271 g/mol. The minimum atomic E-state index is 0.455. The third-order valence-electron chi connectivity index (χ3n) is 3.54. The molecule has 0 aliphatic rings. The van der Waals surface area contributed by atoms with Crippen molar-refractivity contribution in [2.45, 2.75) is 46.1 Å². The second-order valence-electron chi connectivity index (χ2n) is 6.00. The predicted octanol–water partition coefficient (Wildman–Crippen LogP) is 4.28. The maximum atomic E-state index is 4.54. The highest BCUT2D eigenvalue weighted by atomic mass is 15.3. The molecule has 1 aromatic heterocycles. The Morgan fingerprint density at radius 1 is 1.05 bits per heavy atom. The first-order valence-electron chi connectivity index (χ1n) is 7.33. The number of anilines is 1. The Labute approximate surface area is 122 Å². The van der Waals surface area contributed by atoms with E-state index in [2.05, 4.69) is 68.6 Å². The Balaban J connectivity index is 2.05. The van der Waals surface area contributed by atoms with Crippen molar-refractivity contribution in [3.05, 3.63) is 47.3 Å². The summed E-state index contributed by atoms with van der Waals surface area (Å²) >= 11 is 0. The minimum absolute atomic E-state index is 0.455. The lowest BCUT2D eigenvalue weighted by Gasteiger charge is -2.10. The van der Waals surface area contributed by atoms with E-state index in [0.717, 1.165) is 12.2 Å². The molecule has 2 rings (SSSR count). The summed E-state index contributed by atoms with van der Waals surface area (Å²) in [4.78, 5) is 0. The van der Waals surface area contributed by atoms with Gasteiger partial charge in [-0.05, 0) is 29.5 Å². The van der Waals surface area contributed by atoms with Gasteiger partial charge in [-0.3, -0.25) is 4.68 Å². The van der Waals surface area contributed by atoms with Crippen molar-refractivity contribution in [3.8, 4) is 0 Å². The van der Waals surface area contributed by atoms with Crippen LogP contribution in [-0.4, -0.2) is 9.78 Å². The highest BCUT2D eigenvalue weighted by molar-refractivity contribution is 5.45. The van der Waals surface area contributed by atoms with Gasteiger partial charge in [-0.2, -0.15) is 5.10 Å². The first-order valence-corrected chi connectivity index (χ1v) is 7.33. The third kappa shape index (κ3) is 3.41.